The van der Waals surface area contributed by atoms with E-state index in [2.05, 4.69) is 116 Å². The van der Waals surface area contributed by atoms with Crippen molar-refractivity contribution in [3.8, 4) is 44.5 Å². The maximum atomic E-state index is 15.2. The summed E-state index contributed by atoms with van der Waals surface area (Å²) in [6.07, 6.45) is 16.1. The summed E-state index contributed by atoms with van der Waals surface area (Å²) in [5.41, 5.74) is 12.3. The molecule has 6 rings (SSSR count). The van der Waals surface area contributed by atoms with E-state index in [1.54, 1.807) is 12.1 Å². The summed E-state index contributed by atoms with van der Waals surface area (Å²) in [7, 11) is 0. The van der Waals surface area contributed by atoms with Crippen molar-refractivity contribution in [2.45, 2.75) is 104 Å². The number of nitrogens with one attached hydrogen (secondary N) is 1. The van der Waals surface area contributed by atoms with Crippen LogP contribution in [0.4, 0.5) is 8.78 Å². The number of unbranched alkanes of at least 4 members (excludes halogenated alkanes) is 6. The molecule has 3 heteroatoms. The highest BCUT2D eigenvalue weighted by atomic mass is 19.1. The number of halogens is 2. The van der Waals surface area contributed by atoms with Crippen LogP contribution in [0.1, 0.15) is 100 Å². The lowest BCUT2D eigenvalue weighted by Gasteiger charge is -2.10. The Balaban J connectivity index is 0.853. The van der Waals surface area contributed by atoms with E-state index in [9.17, 15) is 0 Å². The highest BCUT2D eigenvalue weighted by Gasteiger charge is 2.10. The molecule has 0 unspecified atom stereocenters. The molecule has 0 atom stereocenters. The molecule has 0 radical (unpaired) electrons. The topological polar surface area (TPSA) is 12.0 Å². The zero-order valence-electron chi connectivity index (χ0n) is 34.3. The molecular weight excluding hydrogens is 701 g/mol. The van der Waals surface area contributed by atoms with Crippen LogP contribution in [0.2, 0.25) is 0 Å². The van der Waals surface area contributed by atoms with Gasteiger partial charge < -0.3 is 5.32 Å². The van der Waals surface area contributed by atoms with Crippen LogP contribution in [0.15, 0.2) is 133 Å². The first-order valence-corrected chi connectivity index (χ1v) is 21.7. The number of hydrogen-bond donors (Lipinski definition) is 1. The molecule has 0 heterocycles. The second kappa shape index (κ2) is 22.2. The summed E-state index contributed by atoms with van der Waals surface area (Å²) >= 11 is 0. The molecule has 0 amide bonds. The number of rotatable bonds is 22. The Morgan fingerprint density at radius 3 is 0.947 bits per heavy atom. The summed E-state index contributed by atoms with van der Waals surface area (Å²) in [6, 6.07) is 45.1. The van der Waals surface area contributed by atoms with Gasteiger partial charge >= 0.3 is 0 Å². The summed E-state index contributed by atoms with van der Waals surface area (Å²) < 4.78 is 30.5. The Morgan fingerprint density at radius 1 is 0.333 bits per heavy atom. The Morgan fingerprint density at radius 2 is 0.632 bits per heavy atom. The maximum absolute atomic E-state index is 15.2. The van der Waals surface area contributed by atoms with Crippen molar-refractivity contribution in [3.63, 3.8) is 0 Å². The first kappa shape index (κ1) is 41.8. The van der Waals surface area contributed by atoms with Gasteiger partial charge in [0.05, 0.1) is 0 Å². The smallest absolute Gasteiger partial charge is 0.131 e. The minimum absolute atomic E-state index is 0.181. The third-order valence-corrected chi connectivity index (χ3v) is 11.3. The molecule has 0 aliphatic carbocycles. The number of hydrogen-bond acceptors (Lipinski definition) is 1. The molecular formula is C54H61F2N. The second-order valence-electron chi connectivity index (χ2n) is 15.8. The first-order chi connectivity index (χ1) is 28.0. The van der Waals surface area contributed by atoms with E-state index in [1.165, 1.54) is 60.8 Å². The first-order valence-electron chi connectivity index (χ1n) is 21.7. The highest BCUT2D eigenvalue weighted by molar-refractivity contribution is 5.72. The predicted octanol–water partition coefficient (Wildman–Crippen LogP) is 15.0. The summed E-state index contributed by atoms with van der Waals surface area (Å²) in [4.78, 5) is 0. The van der Waals surface area contributed by atoms with Crippen LogP contribution in [0.25, 0.3) is 44.5 Å². The minimum Gasteiger partial charge on any atom is -0.317 e. The largest absolute Gasteiger partial charge is 0.317 e. The molecule has 0 aromatic heterocycles. The van der Waals surface area contributed by atoms with E-state index < -0.39 is 0 Å². The molecule has 0 aliphatic rings. The van der Waals surface area contributed by atoms with E-state index in [-0.39, 0.29) is 11.6 Å². The molecule has 0 fully saturated rings. The van der Waals surface area contributed by atoms with E-state index >= 15 is 8.78 Å². The van der Waals surface area contributed by atoms with Gasteiger partial charge in [0.25, 0.3) is 0 Å². The van der Waals surface area contributed by atoms with Gasteiger partial charge in [0.2, 0.25) is 0 Å². The van der Waals surface area contributed by atoms with Crippen molar-refractivity contribution in [1.29, 1.82) is 0 Å². The van der Waals surface area contributed by atoms with E-state index in [1.807, 2.05) is 24.3 Å². The molecule has 0 spiro atoms. The Labute approximate surface area is 341 Å². The summed E-state index contributed by atoms with van der Waals surface area (Å²) in [6.45, 7) is 6.48. The maximum Gasteiger partial charge on any atom is 0.131 e. The van der Waals surface area contributed by atoms with Crippen LogP contribution in [0.3, 0.4) is 0 Å². The molecule has 6 aromatic carbocycles. The molecule has 0 saturated carbocycles. The van der Waals surface area contributed by atoms with Gasteiger partial charge in [-0.3, -0.25) is 0 Å². The molecule has 296 valence electrons. The van der Waals surface area contributed by atoms with Gasteiger partial charge in [0.1, 0.15) is 11.6 Å². The van der Waals surface area contributed by atoms with Crippen molar-refractivity contribution in [2.75, 3.05) is 13.1 Å². The van der Waals surface area contributed by atoms with E-state index in [0.717, 1.165) is 97.8 Å². The zero-order valence-corrected chi connectivity index (χ0v) is 34.3. The van der Waals surface area contributed by atoms with Crippen molar-refractivity contribution >= 4 is 0 Å². The van der Waals surface area contributed by atoms with Crippen LogP contribution in [-0.2, 0) is 25.7 Å². The van der Waals surface area contributed by atoms with Gasteiger partial charge in [-0.1, -0.05) is 161 Å². The second-order valence-corrected chi connectivity index (χ2v) is 15.8. The average Bonchev–Trinajstić information content (AvgIpc) is 3.24. The summed E-state index contributed by atoms with van der Waals surface area (Å²) in [5, 5.41) is 3.61. The van der Waals surface area contributed by atoms with Gasteiger partial charge in [-0.05, 0) is 145 Å². The summed E-state index contributed by atoms with van der Waals surface area (Å²) in [5.74, 6) is -0.361. The van der Waals surface area contributed by atoms with E-state index in [4.69, 9.17) is 0 Å². The lowest BCUT2D eigenvalue weighted by molar-refractivity contribution is 0.589. The van der Waals surface area contributed by atoms with E-state index in [0.29, 0.717) is 11.1 Å². The number of benzene rings is 6. The van der Waals surface area contributed by atoms with Crippen LogP contribution in [0, 0.1) is 11.6 Å². The van der Waals surface area contributed by atoms with Crippen molar-refractivity contribution < 1.29 is 8.78 Å². The lowest BCUT2D eigenvalue weighted by atomic mass is 9.97. The van der Waals surface area contributed by atoms with Gasteiger partial charge in [0, 0.05) is 11.1 Å². The van der Waals surface area contributed by atoms with Crippen LogP contribution in [-0.4, -0.2) is 13.1 Å². The Hall–Kier alpha value is -4.86. The zero-order chi connectivity index (χ0) is 39.7. The Kier molecular flexibility index (Phi) is 16.2. The molecule has 57 heavy (non-hydrogen) atoms. The van der Waals surface area contributed by atoms with Gasteiger partial charge in [-0.2, -0.15) is 0 Å². The lowest BCUT2D eigenvalue weighted by Crippen LogP contribution is -2.16. The average molecular weight is 762 g/mol. The van der Waals surface area contributed by atoms with Crippen molar-refractivity contribution in [3.05, 3.63) is 167 Å². The third kappa shape index (κ3) is 12.6. The fourth-order valence-electron chi connectivity index (χ4n) is 7.73. The van der Waals surface area contributed by atoms with Crippen LogP contribution < -0.4 is 5.32 Å². The normalized spacial score (nSPS) is 11.3. The number of aryl methyl sites for hydroxylation is 4. The quantitative estimate of drug-likeness (QED) is 0.0680. The monoisotopic (exact) mass is 761 g/mol. The van der Waals surface area contributed by atoms with Gasteiger partial charge in [-0.15, -0.1) is 0 Å². The predicted molar refractivity (Wildman–Crippen MR) is 240 cm³/mol. The van der Waals surface area contributed by atoms with Crippen LogP contribution in [0.5, 0.6) is 0 Å². The van der Waals surface area contributed by atoms with Crippen molar-refractivity contribution in [1.82, 2.24) is 5.32 Å². The molecule has 0 aliphatic heterocycles. The van der Waals surface area contributed by atoms with Crippen molar-refractivity contribution in [2.24, 2.45) is 0 Å². The fourth-order valence-corrected chi connectivity index (χ4v) is 7.73. The van der Waals surface area contributed by atoms with Crippen LogP contribution >= 0.6 is 0 Å². The SMILES string of the molecule is CCCCCc1ccc(-c2ccc(-c3ccc(CCCCNCCCCc4ccc(-c5ccc(-c6ccc(CCCCC)cc6)cc5F)cc4)cc3)c(F)c2)cc1. The molecule has 0 bridgehead atoms. The molecule has 0 saturated heterocycles. The standard InChI is InChI=1S/C54H61F2N/c1-3-5-7-13-41-17-25-45(26-18-41)49-33-35-51(53(55)39-49)47-29-21-43(22-30-47)15-9-11-37-57-38-12-10-16-44-23-31-48(32-24-44)52-36-34-50(40-54(52)56)46-27-19-42(20-28-46)14-8-6-4-2/h17-36,39-40,57H,3-16,37-38H2,1-2H3. The van der Waals surface area contributed by atoms with Gasteiger partial charge in [0.15, 0.2) is 0 Å². The molecule has 6 aromatic rings. The van der Waals surface area contributed by atoms with Gasteiger partial charge in [-0.25, -0.2) is 8.78 Å². The fraction of sp³-hybridized carbons (Fsp3) is 0.333. The molecule has 1 N–H and O–H groups in total. The highest BCUT2D eigenvalue weighted by Crippen LogP contribution is 2.31. The Bertz CT molecular complexity index is 1930. The minimum atomic E-state index is -0.181. The third-order valence-electron chi connectivity index (χ3n) is 11.3. The molecule has 1 nitrogen and oxygen atoms in total.